The summed E-state index contributed by atoms with van der Waals surface area (Å²) in [6.45, 7) is 0. The normalized spacial score (nSPS) is 10.7. The Bertz CT molecular complexity index is 917. The molecule has 0 fully saturated rings. The van der Waals surface area contributed by atoms with Crippen LogP contribution in [0.1, 0.15) is 0 Å². The molecule has 5 nitrogen and oxygen atoms in total. The molecule has 0 aliphatic rings. The lowest BCUT2D eigenvalue weighted by Crippen LogP contribution is -2.14. The van der Waals surface area contributed by atoms with Gasteiger partial charge < -0.3 is 9.73 Å². The molecule has 9 heteroatoms. The van der Waals surface area contributed by atoms with E-state index in [0.29, 0.717) is 32.2 Å². The largest absolute Gasteiger partial charge is 0.411 e. The van der Waals surface area contributed by atoms with Crippen LogP contribution < -0.4 is 5.32 Å². The maximum Gasteiger partial charge on any atom is 0.277 e. The Labute approximate surface area is 162 Å². The number of hydrogen-bond acceptors (Lipinski definition) is 5. The zero-order chi connectivity index (χ0) is 17.8. The summed E-state index contributed by atoms with van der Waals surface area (Å²) in [5, 5.41) is 12.3. The van der Waals surface area contributed by atoms with Crippen LogP contribution in [0.2, 0.25) is 15.1 Å². The average Bonchev–Trinajstić information content (AvgIpc) is 3.05. The Hall–Kier alpha value is -1.73. The van der Waals surface area contributed by atoms with Crippen molar-refractivity contribution in [3.05, 3.63) is 57.5 Å². The van der Waals surface area contributed by atoms with Crippen LogP contribution in [0.3, 0.4) is 0 Å². The van der Waals surface area contributed by atoms with E-state index >= 15 is 0 Å². The van der Waals surface area contributed by atoms with E-state index in [2.05, 4.69) is 15.5 Å². The van der Waals surface area contributed by atoms with Gasteiger partial charge in [-0.15, -0.1) is 10.2 Å². The summed E-state index contributed by atoms with van der Waals surface area (Å²) in [4.78, 5) is 12.0. The van der Waals surface area contributed by atoms with Gasteiger partial charge in [-0.3, -0.25) is 4.79 Å². The van der Waals surface area contributed by atoms with E-state index in [1.165, 1.54) is 0 Å². The lowest BCUT2D eigenvalue weighted by atomic mass is 10.2. The number of nitrogens with one attached hydrogen (secondary N) is 1. The Morgan fingerprint density at radius 1 is 1.08 bits per heavy atom. The minimum atomic E-state index is -0.253. The number of rotatable bonds is 5. The second kappa shape index (κ2) is 8.10. The Balaban J connectivity index is 1.59. The van der Waals surface area contributed by atoms with Crippen molar-refractivity contribution >= 4 is 58.2 Å². The van der Waals surface area contributed by atoms with Crippen molar-refractivity contribution in [1.82, 2.24) is 10.2 Å². The second-order valence-electron chi connectivity index (χ2n) is 4.84. The SMILES string of the molecule is O=C(CSc1nnc(-c2cccc(Cl)c2)o1)Nc1ccc(Cl)cc1Cl. The van der Waals surface area contributed by atoms with Crippen molar-refractivity contribution in [2.45, 2.75) is 5.22 Å². The van der Waals surface area contributed by atoms with Crippen molar-refractivity contribution in [2.24, 2.45) is 0 Å². The predicted molar refractivity (Wildman–Crippen MR) is 101 cm³/mol. The molecule has 0 unspecified atom stereocenters. The molecule has 128 valence electrons. The number of thioether (sulfide) groups is 1. The molecule has 0 saturated carbocycles. The molecule has 1 aromatic heterocycles. The molecule has 3 rings (SSSR count). The number of anilines is 1. The van der Waals surface area contributed by atoms with Gasteiger partial charge in [0, 0.05) is 15.6 Å². The van der Waals surface area contributed by atoms with Crippen LogP contribution in [0.4, 0.5) is 5.69 Å². The maximum absolute atomic E-state index is 12.0. The van der Waals surface area contributed by atoms with Crippen molar-refractivity contribution in [3.8, 4) is 11.5 Å². The molecule has 0 aliphatic heterocycles. The third-order valence-electron chi connectivity index (χ3n) is 3.01. The van der Waals surface area contributed by atoms with Gasteiger partial charge in [-0.1, -0.05) is 52.6 Å². The average molecular weight is 415 g/mol. The van der Waals surface area contributed by atoms with E-state index < -0.39 is 0 Å². The lowest BCUT2D eigenvalue weighted by molar-refractivity contribution is -0.113. The van der Waals surface area contributed by atoms with Gasteiger partial charge in [-0.25, -0.2) is 0 Å². The van der Waals surface area contributed by atoms with Gasteiger partial charge >= 0.3 is 0 Å². The second-order valence-corrected chi connectivity index (χ2v) is 7.05. The number of nitrogens with zero attached hydrogens (tertiary/aromatic N) is 2. The molecule has 1 amide bonds. The van der Waals surface area contributed by atoms with Crippen LogP contribution in [0.5, 0.6) is 0 Å². The highest BCUT2D eigenvalue weighted by molar-refractivity contribution is 7.99. The van der Waals surface area contributed by atoms with Gasteiger partial charge in [0.1, 0.15) is 0 Å². The fraction of sp³-hybridized carbons (Fsp3) is 0.0625. The zero-order valence-corrected chi connectivity index (χ0v) is 15.6. The summed E-state index contributed by atoms with van der Waals surface area (Å²) >= 11 is 18.9. The molecular weight excluding hydrogens is 405 g/mol. The van der Waals surface area contributed by atoms with Crippen LogP contribution in [0, 0.1) is 0 Å². The quantitative estimate of drug-likeness (QED) is 0.564. The summed E-state index contributed by atoms with van der Waals surface area (Å²) in [5.74, 6) is 0.179. The van der Waals surface area contributed by atoms with Gasteiger partial charge in [-0.2, -0.15) is 0 Å². The van der Waals surface area contributed by atoms with Crippen LogP contribution in [0.25, 0.3) is 11.5 Å². The van der Waals surface area contributed by atoms with Crippen molar-refractivity contribution in [3.63, 3.8) is 0 Å². The third kappa shape index (κ3) is 4.89. The Morgan fingerprint density at radius 2 is 1.88 bits per heavy atom. The van der Waals surface area contributed by atoms with Gasteiger partial charge in [0.15, 0.2) is 0 Å². The van der Waals surface area contributed by atoms with Gasteiger partial charge in [0.05, 0.1) is 16.5 Å². The van der Waals surface area contributed by atoms with Crippen LogP contribution in [-0.4, -0.2) is 21.9 Å². The summed E-state index contributed by atoms with van der Waals surface area (Å²) in [5.41, 5.74) is 1.20. The molecule has 3 aromatic rings. The van der Waals surface area contributed by atoms with Crippen LogP contribution in [-0.2, 0) is 4.79 Å². The highest BCUT2D eigenvalue weighted by Gasteiger charge is 2.12. The number of amides is 1. The molecule has 0 bridgehead atoms. The number of carbonyl (C=O) groups excluding carboxylic acids is 1. The first-order valence-corrected chi connectivity index (χ1v) is 9.10. The van der Waals surface area contributed by atoms with Gasteiger partial charge in [0.2, 0.25) is 11.8 Å². The van der Waals surface area contributed by atoms with Gasteiger partial charge in [0.25, 0.3) is 5.22 Å². The van der Waals surface area contributed by atoms with Crippen molar-refractivity contribution in [2.75, 3.05) is 11.1 Å². The monoisotopic (exact) mass is 413 g/mol. The van der Waals surface area contributed by atoms with E-state index in [-0.39, 0.29) is 16.9 Å². The number of halogens is 3. The number of benzene rings is 2. The fourth-order valence-electron chi connectivity index (χ4n) is 1.91. The van der Waals surface area contributed by atoms with Crippen LogP contribution in [0.15, 0.2) is 52.1 Å². The summed E-state index contributed by atoms with van der Waals surface area (Å²) in [6, 6.07) is 11.9. The van der Waals surface area contributed by atoms with Gasteiger partial charge in [-0.05, 0) is 36.4 Å². The molecule has 2 aromatic carbocycles. The number of hydrogen-bond donors (Lipinski definition) is 1. The van der Waals surface area contributed by atoms with E-state index in [0.717, 1.165) is 11.8 Å². The zero-order valence-electron chi connectivity index (χ0n) is 12.5. The van der Waals surface area contributed by atoms with Crippen molar-refractivity contribution < 1.29 is 9.21 Å². The predicted octanol–water partition coefficient (Wildman–Crippen LogP) is 5.43. The van der Waals surface area contributed by atoms with Crippen LogP contribution >= 0.6 is 46.6 Å². The first-order valence-electron chi connectivity index (χ1n) is 6.98. The topological polar surface area (TPSA) is 68.0 Å². The fourth-order valence-corrected chi connectivity index (χ4v) is 3.12. The minimum Gasteiger partial charge on any atom is -0.411 e. The van der Waals surface area contributed by atoms with E-state index in [4.69, 9.17) is 39.2 Å². The van der Waals surface area contributed by atoms with E-state index in [9.17, 15) is 4.79 Å². The Kier molecular flexibility index (Phi) is 5.86. The van der Waals surface area contributed by atoms with Crippen molar-refractivity contribution in [1.29, 1.82) is 0 Å². The molecule has 1 N–H and O–H groups in total. The van der Waals surface area contributed by atoms with E-state index in [1.54, 1.807) is 36.4 Å². The lowest BCUT2D eigenvalue weighted by Gasteiger charge is -2.06. The summed E-state index contributed by atoms with van der Waals surface area (Å²) < 4.78 is 5.52. The first-order chi connectivity index (χ1) is 12.0. The van der Waals surface area contributed by atoms with E-state index in [1.807, 2.05) is 6.07 Å². The maximum atomic E-state index is 12.0. The molecular formula is C16H10Cl3N3O2S. The summed E-state index contributed by atoms with van der Waals surface area (Å²) in [6.07, 6.45) is 0. The first kappa shape index (κ1) is 18.1. The summed E-state index contributed by atoms with van der Waals surface area (Å²) in [7, 11) is 0. The molecule has 1 heterocycles. The number of aromatic nitrogens is 2. The highest BCUT2D eigenvalue weighted by atomic mass is 35.5. The highest BCUT2D eigenvalue weighted by Crippen LogP contribution is 2.27. The Morgan fingerprint density at radius 3 is 2.64 bits per heavy atom. The molecule has 0 radical (unpaired) electrons. The molecule has 25 heavy (non-hydrogen) atoms. The third-order valence-corrected chi connectivity index (χ3v) is 4.61. The standard InChI is InChI=1S/C16H10Cl3N3O2S/c17-10-3-1-2-9(6-10)15-21-22-16(24-15)25-8-14(23)20-13-5-4-11(18)7-12(13)19/h1-7H,8H2,(H,20,23). The molecule has 0 saturated heterocycles. The molecule has 0 atom stereocenters. The molecule has 0 spiro atoms. The number of carbonyl (C=O) groups is 1. The smallest absolute Gasteiger partial charge is 0.277 e. The molecule has 0 aliphatic carbocycles. The minimum absolute atomic E-state index is 0.0934.